The average molecular weight is 253 g/mol. The van der Waals surface area contributed by atoms with Gasteiger partial charge in [-0.15, -0.1) is 0 Å². The number of ether oxygens (including phenoxy) is 1. The summed E-state index contributed by atoms with van der Waals surface area (Å²) in [7, 11) is 0. The van der Waals surface area contributed by atoms with Crippen molar-refractivity contribution >= 4 is 5.91 Å². The Hall–Kier alpha value is -0.570. The van der Waals surface area contributed by atoms with Gasteiger partial charge in [0.15, 0.2) is 0 Å². The maximum Gasteiger partial charge on any atom is 0.222 e. The first kappa shape index (κ1) is 13.9. The van der Waals surface area contributed by atoms with Gasteiger partial charge in [-0.25, -0.2) is 0 Å². The Kier molecular flexibility index (Phi) is 4.66. The quantitative estimate of drug-likeness (QED) is 0.728. The normalized spacial score (nSPS) is 30.8. The lowest BCUT2D eigenvalue weighted by atomic mass is 10.1. The third kappa shape index (κ3) is 3.71. The molecule has 1 aliphatic heterocycles. The second-order valence-electron chi connectivity index (χ2n) is 6.29. The molecule has 0 radical (unpaired) electrons. The molecule has 0 aromatic rings. The van der Waals surface area contributed by atoms with E-state index < -0.39 is 0 Å². The second-order valence-corrected chi connectivity index (χ2v) is 6.29. The van der Waals surface area contributed by atoms with Crippen molar-refractivity contribution in [2.75, 3.05) is 13.2 Å². The van der Waals surface area contributed by atoms with E-state index in [1.54, 1.807) is 0 Å². The average Bonchev–Trinajstić information content (AvgIpc) is 2.81. The monoisotopic (exact) mass is 253 g/mol. The van der Waals surface area contributed by atoms with Crippen molar-refractivity contribution in [3.05, 3.63) is 0 Å². The van der Waals surface area contributed by atoms with Crippen LogP contribution in [0, 0.1) is 11.8 Å². The number of carbonyl (C=O) groups excluding carboxylic acids is 1. The Balaban J connectivity index is 1.75. The van der Waals surface area contributed by atoms with E-state index in [4.69, 9.17) is 4.74 Å². The van der Waals surface area contributed by atoms with Crippen molar-refractivity contribution < 1.29 is 9.53 Å². The minimum Gasteiger partial charge on any atom is -0.378 e. The Labute approximate surface area is 111 Å². The predicted octanol–water partition coefficient (Wildman–Crippen LogP) is 2.84. The highest BCUT2D eigenvalue weighted by molar-refractivity contribution is 5.76. The molecule has 3 atom stereocenters. The fourth-order valence-electron chi connectivity index (χ4n) is 2.81. The molecule has 1 saturated carbocycles. The summed E-state index contributed by atoms with van der Waals surface area (Å²) in [5.74, 6) is 1.89. The summed E-state index contributed by atoms with van der Waals surface area (Å²) in [5.41, 5.74) is 0. The molecule has 2 rings (SSSR count). The number of nitrogens with zero attached hydrogens (tertiary/aromatic N) is 1. The Morgan fingerprint density at radius 3 is 2.67 bits per heavy atom. The van der Waals surface area contributed by atoms with Gasteiger partial charge in [0.2, 0.25) is 5.91 Å². The van der Waals surface area contributed by atoms with Gasteiger partial charge in [0.05, 0.1) is 6.10 Å². The van der Waals surface area contributed by atoms with Crippen LogP contribution in [0.1, 0.15) is 52.9 Å². The van der Waals surface area contributed by atoms with Crippen LogP contribution in [0.4, 0.5) is 0 Å². The van der Waals surface area contributed by atoms with Gasteiger partial charge < -0.3 is 9.64 Å². The topological polar surface area (TPSA) is 29.5 Å². The van der Waals surface area contributed by atoms with Crippen LogP contribution < -0.4 is 0 Å². The first-order valence-electron chi connectivity index (χ1n) is 7.49. The van der Waals surface area contributed by atoms with E-state index in [9.17, 15) is 4.79 Å². The number of amides is 1. The smallest absolute Gasteiger partial charge is 0.222 e. The SMILES string of the molecule is CC(C)N(C[C@@H]1C[C@H]1C)C(=O)CC[C@@H]1CCCO1. The third-order valence-electron chi connectivity index (χ3n) is 4.36. The molecule has 0 unspecified atom stereocenters. The Bertz CT molecular complexity index is 284. The molecule has 104 valence electrons. The van der Waals surface area contributed by atoms with Gasteiger partial charge in [-0.05, 0) is 51.4 Å². The molecule has 0 aromatic heterocycles. The van der Waals surface area contributed by atoms with Crippen LogP contribution in [-0.2, 0) is 9.53 Å². The molecule has 18 heavy (non-hydrogen) atoms. The lowest BCUT2D eigenvalue weighted by molar-refractivity contribution is -0.133. The minimum atomic E-state index is 0.319. The molecule has 1 heterocycles. The highest BCUT2D eigenvalue weighted by Crippen LogP contribution is 2.38. The molecular weight excluding hydrogens is 226 g/mol. The van der Waals surface area contributed by atoms with Crippen molar-refractivity contribution in [2.24, 2.45) is 11.8 Å². The Morgan fingerprint density at radius 1 is 1.44 bits per heavy atom. The molecule has 2 fully saturated rings. The van der Waals surface area contributed by atoms with Crippen LogP contribution in [0.25, 0.3) is 0 Å². The van der Waals surface area contributed by atoms with Crippen molar-refractivity contribution in [3.8, 4) is 0 Å². The van der Waals surface area contributed by atoms with Crippen molar-refractivity contribution in [2.45, 2.75) is 65.0 Å². The number of carbonyl (C=O) groups is 1. The van der Waals surface area contributed by atoms with Crippen LogP contribution in [0.5, 0.6) is 0 Å². The van der Waals surface area contributed by atoms with E-state index in [2.05, 4.69) is 25.7 Å². The van der Waals surface area contributed by atoms with Gasteiger partial charge in [0.25, 0.3) is 0 Å². The number of hydrogen-bond acceptors (Lipinski definition) is 2. The van der Waals surface area contributed by atoms with Gasteiger partial charge in [-0.1, -0.05) is 6.92 Å². The van der Waals surface area contributed by atoms with Crippen LogP contribution in [0.15, 0.2) is 0 Å². The van der Waals surface area contributed by atoms with E-state index in [0.29, 0.717) is 24.5 Å². The molecule has 0 spiro atoms. The van der Waals surface area contributed by atoms with E-state index in [-0.39, 0.29) is 0 Å². The molecule has 1 aliphatic carbocycles. The highest BCUT2D eigenvalue weighted by Gasteiger charge is 2.35. The molecule has 1 amide bonds. The van der Waals surface area contributed by atoms with Crippen molar-refractivity contribution in [1.82, 2.24) is 4.90 Å². The maximum absolute atomic E-state index is 12.3. The van der Waals surface area contributed by atoms with Crippen LogP contribution >= 0.6 is 0 Å². The molecule has 2 aliphatic rings. The lowest BCUT2D eigenvalue weighted by Crippen LogP contribution is -2.39. The summed E-state index contributed by atoms with van der Waals surface area (Å²) in [6, 6.07) is 0.329. The van der Waals surface area contributed by atoms with Gasteiger partial charge >= 0.3 is 0 Å². The van der Waals surface area contributed by atoms with Crippen LogP contribution in [0.3, 0.4) is 0 Å². The molecular formula is C15H27NO2. The summed E-state index contributed by atoms with van der Waals surface area (Å²) in [6.07, 6.45) is 5.48. The molecule has 0 aromatic carbocycles. The minimum absolute atomic E-state index is 0.319. The number of rotatable bonds is 6. The van der Waals surface area contributed by atoms with Gasteiger partial charge in [-0.2, -0.15) is 0 Å². The summed E-state index contributed by atoms with van der Waals surface area (Å²) < 4.78 is 5.58. The molecule has 3 nitrogen and oxygen atoms in total. The van der Waals surface area contributed by atoms with Crippen LogP contribution in [-0.4, -0.2) is 36.1 Å². The van der Waals surface area contributed by atoms with E-state index in [1.165, 1.54) is 6.42 Å². The fourth-order valence-corrected chi connectivity index (χ4v) is 2.81. The molecule has 3 heteroatoms. The summed E-state index contributed by atoms with van der Waals surface area (Å²) >= 11 is 0. The maximum atomic E-state index is 12.3. The summed E-state index contributed by atoms with van der Waals surface area (Å²) in [6.45, 7) is 8.36. The summed E-state index contributed by atoms with van der Waals surface area (Å²) in [4.78, 5) is 14.4. The zero-order chi connectivity index (χ0) is 13.1. The highest BCUT2D eigenvalue weighted by atomic mass is 16.5. The molecule has 0 N–H and O–H groups in total. The second kappa shape index (κ2) is 6.05. The third-order valence-corrected chi connectivity index (χ3v) is 4.36. The van der Waals surface area contributed by atoms with E-state index in [1.807, 2.05) is 0 Å². The van der Waals surface area contributed by atoms with Crippen LogP contribution in [0.2, 0.25) is 0 Å². The van der Waals surface area contributed by atoms with Crippen molar-refractivity contribution in [1.29, 1.82) is 0 Å². The summed E-state index contributed by atoms with van der Waals surface area (Å²) in [5, 5.41) is 0. The first-order chi connectivity index (χ1) is 8.58. The van der Waals surface area contributed by atoms with Gasteiger partial charge in [0.1, 0.15) is 0 Å². The number of hydrogen-bond donors (Lipinski definition) is 0. The largest absolute Gasteiger partial charge is 0.378 e. The predicted molar refractivity (Wildman–Crippen MR) is 72.3 cm³/mol. The lowest BCUT2D eigenvalue weighted by Gasteiger charge is -2.27. The van der Waals surface area contributed by atoms with E-state index >= 15 is 0 Å². The standard InChI is InChI=1S/C15H27NO2/c1-11(2)16(10-13-9-12(13)3)15(17)7-6-14-5-4-8-18-14/h11-14H,4-10H2,1-3H3/t12-,13+,14+/m1/s1. The fraction of sp³-hybridized carbons (Fsp3) is 0.933. The Morgan fingerprint density at radius 2 is 2.17 bits per heavy atom. The zero-order valence-corrected chi connectivity index (χ0v) is 12.0. The molecule has 1 saturated heterocycles. The van der Waals surface area contributed by atoms with Gasteiger partial charge in [0, 0.05) is 25.6 Å². The van der Waals surface area contributed by atoms with E-state index in [0.717, 1.165) is 44.2 Å². The molecule has 0 bridgehead atoms. The first-order valence-corrected chi connectivity index (χ1v) is 7.49. The van der Waals surface area contributed by atoms with Crippen molar-refractivity contribution in [3.63, 3.8) is 0 Å². The zero-order valence-electron chi connectivity index (χ0n) is 12.0. The van der Waals surface area contributed by atoms with Gasteiger partial charge in [-0.3, -0.25) is 4.79 Å².